The third-order valence-electron chi connectivity index (χ3n) is 6.73. The molecule has 0 saturated carbocycles. The van der Waals surface area contributed by atoms with Crippen LogP contribution in [0.4, 0.5) is 0 Å². The van der Waals surface area contributed by atoms with Crippen molar-refractivity contribution in [3.8, 4) is 5.75 Å². The van der Waals surface area contributed by atoms with E-state index in [1.54, 1.807) is 11.0 Å². The molecule has 0 aromatic heterocycles. The fourth-order valence-corrected chi connectivity index (χ4v) is 4.77. The molecule has 1 atom stereocenters. The fraction of sp³-hybridized carbons (Fsp3) is 0.360. The second-order valence-electron chi connectivity index (χ2n) is 9.11. The second kappa shape index (κ2) is 9.54. The van der Waals surface area contributed by atoms with E-state index in [2.05, 4.69) is 5.32 Å². The van der Waals surface area contributed by atoms with E-state index in [4.69, 9.17) is 9.47 Å². The molecule has 2 aromatic rings. The largest absolute Gasteiger partial charge is 0.489 e. The van der Waals surface area contributed by atoms with Crippen LogP contribution in [0.3, 0.4) is 0 Å². The predicted molar refractivity (Wildman–Crippen MR) is 128 cm³/mol. The molecular formula is C25H26BN3O6. The van der Waals surface area contributed by atoms with Crippen LogP contribution in [0.1, 0.15) is 39.9 Å². The van der Waals surface area contributed by atoms with Crippen molar-refractivity contribution in [2.75, 3.05) is 19.8 Å². The number of piperidine rings is 1. The zero-order valence-electron chi connectivity index (χ0n) is 19.5. The van der Waals surface area contributed by atoms with Crippen LogP contribution in [0.2, 0.25) is 0 Å². The van der Waals surface area contributed by atoms with Crippen molar-refractivity contribution < 1.29 is 28.7 Å². The van der Waals surface area contributed by atoms with Crippen LogP contribution in [0.5, 0.6) is 5.75 Å². The Morgan fingerprint density at radius 2 is 1.83 bits per heavy atom. The van der Waals surface area contributed by atoms with Gasteiger partial charge in [0.25, 0.3) is 5.91 Å². The summed E-state index contributed by atoms with van der Waals surface area (Å²) in [6.07, 6.45) is 0.538. The highest BCUT2D eigenvalue weighted by atomic mass is 16.5. The summed E-state index contributed by atoms with van der Waals surface area (Å²) < 4.78 is 11.4. The first-order valence-corrected chi connectivity index (χ1v) is 11.7. The molecule has 1 unspecified atom stereocenters. The van der Waals surface area contributed by atoms with Gasteiger partial charge in [0.15, 0.2) is 0 Å². The lowest BCUT2D eigenvalue weighted by molar-refractivity contribution is -0.143. The SMILES string of the molecule is Bc1ccc2c(c1OCc1ccc(CN3CCOCC3=O)cc1)CN(C1CCC(=O)NC1=O)C2=O. The van der Waals surface area contributed by atoms with Crippen LogP contribution in [-0.4, -0.2) is 67.1 Å². The number of morpholine rings is 1. The highest BCUT2D eigenvalue weighted by Crippen LogP contribution is 2.32. The molecule has 35 heavy (non-hydrogen) atoms. The molecule has 0 aliphatic carbocycles. The lowest BCUT2D eigenvalue weighted by Gasteiger charge is -2.29. The van der Waals surface area contributed by atoms with Crippen molar-refractivity contribution in [2.45, 2.75) is 38.6 Å². The van der Waals surface area contributed by atoms with Gasteiger partial charge in [-0.2, -0.15) is 0 Å². The number of hydrogen-bond donors (Lipinski definition) is 1. The van der Waals surface area contributed by atoms with Gasteiger partial charge in [-0.05, 0) is 29.1 Å². The standard InChI is InChI=1S/C25H26BN3O6/c26-19-6-5-17-18(12-29(25(17)33)20-7-8-21(30)27-24(20)32)23(19)35-13-16-3-1-15(2-4-16)11-28-9-10-34-14-22(28)31/h1-6,20H,7-14,26H2,(H,27,30,32). The van der Waals surface area contributed by atoms with Crippen LogP contribution in [0, 0.1) is 0 Å². The normalized spacial score (nSPS) is 20.2. The summed E-state index contributed by atoms with van der Waals surface area (Å²) in [6, 6.07) is 10.9. The Hall–Kier alpha value is -3.66. The van der Waals surface area contributed by atoms with E-state index in [1.165, 1.54) is 4.90 Å². The Labute approximate surface area is 203 Å². The van der Waals surface area contributed by atoms with Crippen molar-refractivity contribution >= 4 is 36.9 Å². The van der Waals surface area contributed by atoms with Gasteiger partial charge < -0.3 is 19.3 Å². The topological polar surface area (TPSA) is 105 Å². The van der Waals surface area contributed by atoms with Gasteiger partial charge in [-0.1, -0.05) is 30.3 Å². The Morgan fingerprint density at radius 3 is 2.57 bits per heavy atom. The number of ether oxygens (including phenoxy) is 2. The number of hydrogen-bond acceptors (Lipinski definition) is 6. The summed E-state index contributed by atoms with van der Waals surface area (Å²) in [5.41, 5.74) is 4.20. The molecule has 2 aromatic carbocycles. The Bertz CT molecular complexity index is 1200. The number of amides is 4. The van der Waals surface area contributed by atoms with Gasteiger partial charge in [-0.3, -0.25) is 24.5 Å². The fourth-order valence-electron chi connectivity index (χ4n) is 4.77. The maximum Gasteiger partial charge on any atom is 0.255 e. The second-order valence-corrected chi connectivity index (χ2v) is 9.11. The highest BCUT2D eigenvalue weighted by Gasteiger charge is 2.40. The summed E-state index contributed by atoms with van der Waals surface area (Å²) in [4.78, 5) is 52.2. The van der Waals surface area contributed by atoms with Gasteiger partial charge in [-0.15, -0.1) is 0 Å². The van der Waals surface area contributed by atoms with E-state index >= 15 is 0 Å². The van der Waals surface area contributed by atoms with Crippen LogP contribution in [0.25, 0.3) is 0 Å². The number of carbonyl (C=O) groups is 4. The predicted octanol–water partition coefficient (Wildman–Crippen LogP) is -0.356. The molecular weight excluding hydrogens is 449 g/mol. The molecule has 2 saturated heterocycles. The molecule has 2 fully saturated rings. The van der Waals surface area contributed by atoms with Crippen LogP contribution in [0.15, 0.2) is 36.4 Å². The minimum Gasteiger partial charge on any atom is -0.489 e. The van der Waals surface area contributed by atoms with Crippen LogP contribution < -0.4 is 15.5 Å². The van der Waals surface area contributed by atoms with Crippen LogP contribution >= 0.6 is 0 Å². The molecule has 4 amide bonds. The molecule has 9 nitrogen and oxygen atoms in total. The van der Waals surface area contributed by atoms with Gasteiger partial charge in [0, 0.05) is 30.6 Å². The number of nitrogens with one attached hydrogen (secondary N) is 1. The van der Waals surface area contributed by atoms with Gasteiger partial charge in [0.1, 0.15) is 32.9 Å². The van der Waals surface area contributed by atoms with E-state index in [0.29, 0.717) is 44.0 Å². The summed E-state index contributed by atoms with van der Waals surface area (Å²) >= 11 is 0. The van der Waals surface area contributed by atoms with Gasteiger partial charge >= 0.3 is 0 Å². The molecule has 0 radical (unpaired) electrons. The first-order chi connectivity index (χ1) is 16.9. The minimum absolute atomic E-state index is 0.00188. The van der Waals surface area contributed by atoms with Crippen LogP contribution in [-0.2, 0) is 38.8 Å². The Morgan fingerprint density at radius 1 is 1.06 bits per heavy atom. The monoisotopic (exact) mass is 475 g/mol. The number of carbonyl (C=O) groups excluding carboxylic acids is 4. The van der Waals surface area contributed by atoms with Crippen molar-refractivity contribution in [1.82, 2.24) is 15.1 Å². The molecule has 10 heteroatoms. The van der Waals surface area contributed by atoms with E-state index in [1.807, 2.05) is 38.2 Å². The number of rotatable bonds is 6. The van der Waals surface area contributed by atoms with E-state index in [0.717, 1.165) is 22.2 Å². The first-order valence-electron chi connectivity index (χ1n) is 11.7. The summed E-state index contributed by atoms with van der Waals surface area (Å²) in [6.45, 7) is 2.42. The molecule has 0 spiro atoms. The average Bonchev–Trinajstić information content (AvgIpc) is 3.17. The number of nitrogens with zero attached hydrogens (tertiary/aromatic N) is 2. The molecule has 180 valence electrons. The molecule has 3 aliphatic rings. The lowest BCUT2D eigenvalue weighted by Crippen LogP contribution is -2.52. The van der Waals surface area contributed by atoms with Gasteiger partial charge in [0.05, 0.1) is 13.2 Å². The Kier molecular flexibility index (Phi) is 6.30. The van der Waals surface area contributed by atoms with Gasteiger partial charge in [0.2, 0.25) is 17.7 Å². The quantitative estimate of drug-likeness (QED) is 0.452. The molecule has 3 aliphatic heterocycles. The number of benzene rings is 2. The zero-order chi connectivity index (χ0) is 24.5. The Balaban J connectivity index is 1.27. The average molecular weight is 475 g/mol. The summed E-state index contributed by atoms with van der Waals surface area (Å²) in [5, 5.41) is 2.33. The van der Waals surface area contributed by atoms with E-state index in [9.17, 15) is 19.2 Å². The smallest absolute Gasteiger partial charge is 0.255 e. The lowest BCUT2D eigenvalue weighted by atomic mass is 9.91. The number of imide groups is 1. The zero-order valence-corrected chi connectivity index (χ0v) is 19.5. The third kappa shape index (κ3) is 4.66. The molecule has 5 rings (SSSR count). The molecule has 3 heterocycles. The maximum atomic E-state index is 13.1. The summed E-state index contributed by atoms with van der Waals surface area (Å²) in [7, 11) is 1.93. The van der Waals surface area contributed by atoms with E-state index < -0.39 is 11.9 Å². The van der Waals surface area contributed by atoms with Gasteiger partial charge in [-0.25, -0.2) is 0 Å². The van der Waals surface area contributed by atoms with Crippen molar-refractivity contribution in [2.24, 2.45) is 0 Å². The summed E-state index contributed by atoms with van der Waals surface area (Å²) in [5.74, 6) is -0.314. The van der Waals surface area contributed by atoms with Crippen molar-refractivity contribution in [3.05, 3.63) is 58.7 Å². The molecule has 0 bridgehead atoms. The third-order valence-corrected chi connectivity index (χ3v) is 6.73. The van der Waals surface area contributed by atoms with E-state index in [-0.39, 0.29) is 37.3 Å². The highest BCUT2D eigenvalue weighted by molar-refractivity contribution is 6.34. The maximum absolute atomic E-state index is 13.1. The van der Waals surface area contributed by atoms with Crippen molar-refractivity contribution in [3.63, 3.8) is 0 Å². The minimum atomic E-state index is -0.661. The first kappa shape index (κ1) is 23.1. The molecule has 1 N–H and O–H groups in total. The number of fused-ring (bicyclic) bond motifs is 1. The van der Waals surface area contributed by atoms with Crippen molar-refractivity contribution in [1.29, 1.82) is 0 Å².